The third-order valence-electron chi connectivity index (χ3n) is 5.51. The number of nitrogens with one attached hydrogen (secondary N) is 2. The van der Waals surface area contributed by atoms with Crippen molar-refractivity contribution in [2.45, 2.75) is 33.2 Å². The van der Waals surface area contributed by atoms with Crippen molar-refractivity contribution in [3.05, 3.63) is 64.8 Å². The summed E-state index contributed by atoms with van der Waals surface area (Å²) in [6.07, 6.45) is -4.60. The Labute approximate surface area is 195 Å². The molecule has 3 rings (SSSR count). The summed E-state index contributed by atoms with van der Waals surface area (Å²) in [7, 11) is 1.38. The predicted molar refractivity (Wildman–Crippen MR) is 126 cm³/mol. The highest BCUT2D eigenvalue weighted by Crippen LogP contribution is 2.38. The van der Waals surface area contributed by atoms with Gasteiger partial charge in [-0.1, -0.05) is 38.1 Å². The molecule has 0 radical (unpaired) electrons. The number of ether oxygens (including phenoxy) is 1. The second-order valence-electron chi connectivity index (χ2n) is 7.71. The molecule has 0 saturated heterocycles. The molecule has 7 nitrogen and oxygen atoms in total. The van der Waals surface area contributed by atoms with Crippen LogP contribution in [-0.2, 0) is 19.3 Å². The SMILES string of the molecule is CCN(CC)Cc1ccc(COc2ccc(C(F)(F)F)c3cc(C(=O)NC(N)=NC)[nH]c23)cc1. The normalized spacial score (nSPS) is 12.4. The zero-order chi connectivity index (χ0) is 24.9. The Morgan fingerprint density at radius 3 is 2.35 bits per heavy atom. The lowest BCUT2D eigenvalue weighted by Crippen LogP contribution is -2.36. The van der Waals surface area contributed by atoms with Gasteiger partial charge in [-0.15, -0.1) is 0 Å². The number of hydrogen-bond donors (Lipinski definition) is 3. The van der Waals surface area contributed by atoms with Crippen LogP contribution in [0.3, 0.4) is 0 Å². The summed E-state index contributed by atoms with van der Waals surface area (Å²) in [5.74, 6) is -0.658. The van der Waals surface area contributed by atoms with E-state index in [1.165, 1.54) is 18.7 Å². The Balaban J connectivity index is 1.85. The fourth-order valence-corrected chi connectivity index (χ4v) is 3.53. The molecule has 0 aliphatic heterocycles. The van der Waals surface area contributed by atoms with Gasteiger partial charge in [0.05, 0.1) is 11.1 Å². The quantitative estimate of drug-likeness (QED) is 0.335. The number of amides is 1. The predicted octanol–water partition coefficient (Wildman–Crippen LogP) is 4.28. The van der Waals surface area contributed by atoms with Crippen LogP contribution in [-0.4, -0.2) is 41.9 Å². The average molecular weight is 476 g/mol. The monoisotopic (exact) mass is 475 g/mol. The molecule has 10 heteroatoms. The maximum absolute atomic E-state index is 13.6. The van der Waals surface area contributed by atoms with Crippen molar-refractivity contribution in [2.75, 3.05) is 20.1 Å². The van der Waals surface area contributed by atoms with Crippen LogP contribution >= 0.6 is 0 Å². The van der Waals surface area contributed by atoms with Crippen molar-refractivity contribution >= 4 is 22.8 Å². The van der Waals surface area contributed by atoms with Gasteiger partial charge in [-0.3, -0.25) is 20.0 Å². The van der Waals surface area contributed by atoms with E-state index in [-0.39, 0.29) is 34.9 Å². The van der Waals surface area contributed by atoms with Gasteiger partial charge in [-0.2, -0.15) is 13.2 Å². The number of carbonyl (C=O) groups is 1. The second-order valence-corrected chi connectivity index (χ2v) is 7.71. The van der Waals surface area contributed by atoms with Crippen molar-refractivity contribution in [3.63, 3.8) is 0 Å². The number of hydrogen-bond acceptors (Lipinski definition) is 4. The minimum absolute atomic E-state index is 0.0742. The van der Waals surface area contributed by atoms with E-state index in [0.717, 1.165) is 37.3 Å². The molecule has 182 valence electrons. The number of aromatic amines is 1. The van der Waals surface area contributed by atoms with Gasteiger partial charge < -0.3 is 15.5 Å². The molecule has 0 aliphatic rings. The van der Waals surface area contributed by atoms with Crippen molar-refractivity contribution in [3.8, 4) is 5.75 Å². The minimum Gasteiger partial charge on any atom is -0.487 e. The molecular formula is C24H28F3N5O2. The molecule has 34 heavy (non-hydrogen) atoms. The van der Waals surface area contributed by atoms with Gasteiger partial charge in [0.2, 0.25) is 0 Å². The molecule has 0 atom stereocenters. The number of halogens is 3. The van der Waals surface area contributed by atoms with Gasteiger partial charge in [0.1, 0.15) is 18.1 Å². The van der Waals surface area contributed by atoms with Gasteiger partial charge in [0, 0.05) is 19.0 Å². The molecule has 0 aliphatic carbocycles. The van der Waals surface area contributed by atoms with Crippen LogP contribution in [0.25, 0.3) is 10.9 Å². The third kappa shape index (κ3) is 5.88. The largest absolute Gasteiger partial charge is 0.487 e. The van der Waals surface area contributed by atoms with E-state index < -0.39 is 17.6 Å². The lowest BCUT2D eigenvalue weighted by molar-refractivity contribution is -0.136. The second kappa shape index (κ2) is 10.6. The van der Waals surface area contributed by atoms with Crippen molar-refractivity contribution in [1.82, 2.24) is 15.2 Å². The lowest BCUT2D eigenvalue weighted by atomic mass is 10.1. The van der Waals surface area contributed by atoms with Crippen molar-refractivity contribution in [2.24, 2.45) is 10.7 Å². The maximum Gasteiger partial charge on any atom is 0.417 e. The topological polar surface area (TPSA) is 95.7 Å². The van der Waals surface area contributed by atoms with Crippen LogP contribution < -0.4 is 15.8 Å². The number of aromatic nitrogens is 1. The van der Waals surface area contributed by atoms with Crippen molar-refractivity contribution < 1.29 is 22.7 Å². The zero-order valence-corrected chi connectivity index (χ0v) is 19.3. The van der Waals surface area contributed by atoms with Crippen LogP contribution in [0.5, 0.6) is 5.75 Å². The molecule has 3 aromatic rings. The van der Waals surface area contributed by atoms with E-state index >= 15 is 0 Å². The zero-order valence-electron chi connectivity index (χ0n) is 19.3. The molecule has 0 saturated carbocycles. The summed E-state index contributed by atoms with van der Waals surface area (Å²) in [5, 5.41) is 2.13. The Hall–Kier alpha value is -3.53. The first-order chi connectivity index (χ1) is 16.2. The number of alkyl halides is 3. The highest BCUT2D eigenvalue weighted by atomic mass is 19.4. The van der Waals surface area contributed by atoms with Gasteiger partial charge in [-0.05, 0) is 42.4 Å². The number of rotatable bonds is 8. The fraction of sp³-hybridized carbons (Fsp3) is 0.333. The molecule has 4 N–H and O–H groups in total. The molecule has 0 spiro atoms. The Morgan fingerprint density at radius 2 is 1.76 bits per heavy atom. The van der Waals surface area contributed by atoms with E-state index in [0.29, 0.717) is 0 Å². The number of benzene rings is 2. The molecule has 1 amide bonds. The summed E-state index contributed by atoms with van der Waals surface area (Å²) in [6, 6.07) is 11.2. The molecule has 1 heterocycles. The number of fused-ring (bicyclic) bond motifs is 1. The Kier molecular flexibility index (Phi) is 7.83. The van der Waals surface area contributed by atoms with Crippen LogP contribution in [0.15, 0.2) is 47.5 Å². The van der Waals surface area contributed by atoms with Crippen LogP contribution in [0.4, 0.5) is 13.2 Å². The summed E-state index contributed by atoms with van der Waals surface area (Å²) in [6.45, 7) is 7.13. The number of H-pyrrole nitrogens is 1. The number of nitrogens with zero attached hydrogens (tertiary/aromatic N) is 2. The van der Waals surface area contributed by atoms with Gasteiger partial charge >= 0.3 is 6.18 Å². The summed E-state index contributed by atoms with van der Waals surface area (Å²) < 4.78 is 46.5. The van der Waals surface area contributed by atoms with E-state index in [2.05, 4.69) is 34.0 Å². The molecule has 2 aromatic carbocycles. The average Bonchev–Trinajstić information content (AvgIpc) is 3.26. The van der Waals surface area contributed by atoms with E-state index in [4.69, 9.17) is 10.5 Å². The molecule has 1 aromatic heterocycles. The van der Waals surface area contributed by atoms with Crippen LogP contribution in [0.1, 0.15) is 41.0 Å². The number of carbonyl (C=O) groups excluding carboxylic acids is 1. The lowest BCUT2D eigenvalue weighted by Gasteiger charge is -2.18. The standard InChI is InChI=1S/C24H28F3N5O2/c1-4-32(5-2)13-15-6-8-16(9-7-15)14-34-20-11-10-18(24(25,26)27)17-12-19(30-21(17)20)22(33)31-23(28)29-3/h6-12,30H,4-5,13-14H2,1-3H3,(H3,28,29,31,33). The van der Waals surface area contributed by atoms with Gasteiger partial charge in [0.25, 0.3) is 5.91 Å². The summed E-state index contributed by atoms with van der Waals surface area (Å²) >= 11 is 0. The first-order valence-corrected chi connectivity index (χ1v) is 10.9. The smallest absolute Gasteiger partial charge is 0.417 e. The van der Waals surface area contributed by atoms with Crippen molar-refractivity contribution in [1.29, 1.82) is 0 Å². The molecular weight excluding hydrogens is 447 g/mol. The highest BCUT2D eigenvalue weighted by Gasteiger charge is 2.34. The van der Waals surface area contributed by atoms with E-state index in [1.807, 2.05) is 24.3 Å². The summed E-state index contributed by atoms with van der Waals surface area (Å²) in [4.78, 5) is 21.0. The van der Waals surface area contributed by atoms with Gasteiger partial charge in [-0.25, -0.2) is 0 Å². The molecule has 0 fully saturated rings. The first-order valence-electron chi connectivity index (χ1n) is 10.9. The third-order valence-corrected chi connectivity index (χ3v) is 5.51. The molecule has 0 unspecified atom stereocenters. The number of guanidine groups is 1. The minimum atomic E-state index is -4.60. The number of nitrogens with two attached hydrogens (primary N) is 1. The van der Waals surface area contributed by atoms with Gasteiger partial charge in [0.15, 0.2) is 5.96 Å². The molecule has 0 bridgehead atoms. The van der Waals surface area contributed by atoms with E-state index in [9.17, 15) is 18.0 Å². The fourth-order valence-electron chi connectivity index (χ4n) is 3.53. The highest BCUT2D eigenvalue weighted by molar-refractivity contribution is 6.07. The van der Waals surface area contributed by atoms with Crippen LogP contribution in [0, 0.1) is 0 Å². The summed E-state index contributed by atoms with van der Waals surface area (Å²) in [5.41, 5.74) is 6.64. The Bertz CT molecular complexity index is 1170. The van der Waals surface area contributed by atoms with E-state index in [1.54, 1.807) is 0 Å². The maximum atomic E-state index is 13.6. The number of aliphatic imine (C=N–C) groups is 1. The Morgan fingerprint density at radius 1 is 1.12 bits per heavy atom. The first kappa shape index (κ1) is 25.1. The van der Waals surface area contributed by atoms with Crippen LogP contribution in [0.2, 0.25) is 0 Å².